The zero-order chi connectivity index (χ0) is 7.40. The molecule has 2 N–H and O–H groups in total. The molecule has 0 amide bonds. The van der Waals surface area contributed by atoms with E-state index in [1.807, 2.05) is 6.07 Å². The van der Waals surface area contributed by atoms with Crippen LogP contribution in [0.1, 0.15) is 0 Å². The summed E-state index contributed by atoms with van der Waals surface area (Å²) in [6.07, 6.45) is 0. The predicted octanol–water partition coefficient (Wildman–Crippen LogP) is 1.44. The molecule has 1 aromatic heterocycles. The van der Waals surface area contributed by atoms with Gasteiger partial charge in [0.2, 0.25) is 5.88 Å². The molecule has 0 spiro atoms. The lowest BCUT2D eigenvalue weighted by molar-refractivity contribution is 0.388. The van der Waals surface area contributed by atoms with Gasteiger partial charge in [-0.2, -0.15) is 4.98 Å². The molecule has 1 aromatic rings. The van der Waals surface area contributed by atoms with Crippen LogP contribution in [0.3, 0.4) is 0 Å². The third-order valence-corrected chi connectivity index (χ3v) is 1.26. The Hall–Kier alpha value is -0.520. The molecule has 54 valence electrons. The molecule has 0 bridgehead atoms. The van der Waals surface area contributed by atoms with E-state index in [1.54, 1.807) is 12.1 Å². The maximum Gasteiger partial charge on any atom is 0.215 e. The van der Waals surface area contributed by atoms with Crippen molar-refractivity contribution in [2.24, 2.45) is 0 Å². The number of ether oxygens (including phenoxy) is 1. The van der Waals surface area contributed by atoms with Gasteiger partial charge in [-0.3, -0.25) is 0 Å². The molecule has 3 nitrogen and oxygen atoms in total. The quantitative estimate of drug-likeness (QED) is 0.638. The maximum atomic E-state index is 5.40. The van der Waals surface area contributed by atoms with Gasteiger partial charge in [0.25, 0.3) is 0 Å². The number of aromatic nitrogens is 1. The molecule has 0 fully saturated rings. The van der Waals surface area contributed by atoms with E-state index < -0.39 is 0 Å². The first-order chi connectivity index (χ1) is 4.83. The fourth-order valence-corrected chi connectivity index (χ4v) is 0.886. The minimum absolute atomic E-state index is 0.488. The second kappa shape index (κ2) is 3.60. The predicted molar refractivity (Wildman–Crippen MR) is 48.2 cm³/mol. The first-order valence-corrected chi connectivity index (χ1v) is 4.27. The fraction of sp³-hybridized carbons (Fsp3) is 0.167. The van der Waals surface area contributed by atoms with Crippen molar-refractivity contribution in [3.8, 4) is 5.88 Å². The number of rotatable bonds is 2. The molecular weight excluding hydrogens is 243 g/mol. The van der Waals surface area contributed by atoms with Crippen LogP contribution in [0.15, 0.2) is 18.2 Å². The molecule has 0 saturated carbocycles. The van der Waals surface area contributed by atoms with E-state index in [2.05, 4.69) is 27.6 Å². The van der Waals surface area contributed by atoms with Crippen molar-refractivity contribution in [2.45, 2.75) is 0 Å². The van der Waals surface area contributed by atoms with Crippen LogP contribution in [0.25, 0.3) is 0 Å². The van der Waals surface area contributed by atoms with Crippen molar-refractivity contribution in [1.29, 1.82) is 0 Å². The summed E-state index contributed by atoms with van der Waals surface area (Å²) in [5.74, 6) is 1.07. The summed E-state index contributed by atoms with van der Waals surface area (Å²) in [4.78, 5) is 3.91. The average Bonchev–Trinajstić information content (AvgIpc) is 1.88. The minimum Gasteiger partial charge on any atom is -0.467 e. The van der Waals surface area contributed by atoms with Gasteiger partial charge in [-0.05, 0) is 28.7 Å². The summed E-state index contributed by atoms with van der Waals surface area (Å²) in [5, 5.41) is 0. The van der Waals surface area contributed by atoms with E-state index >= 15 is 0 Å². The Morgan fingerprint density at radius 3 is 3.00 bits per heavy atom. The summed E-state index contributed by atoms with van der Waals surface area (Å²) in [7, 11) is 0. The number of hydrogen-bond donors (Lipinski definition) is 1. The van der Waals surface area contributed by atoms with Gasteiger partial charge >= 0.3 is 0 Å². The van der Waals surface area contributed by atoms with Gasteiger partial charge in [0.05, 0.1) is 0 Å². The van der Waals surface area contributed by atoms with Gasteiger partial charge in [-0.1, -0.05) is 6.07 Å². The number of nitrogens with two attached hydrogens (primary N) is 1. The van der Waals surface area contributed by atoms with Crippen LogP contribution in [0, 0.1) is 0 Å². The van der Waals surface area contributed by atoms with Crippen LogP contribution >= 0.6 is 22.6 Å². The van der Waals surface area contributed by atoms with E-state index in [9.17, 15) is 0 Å². The van der Waals surface area contributed by atoms with Gasteiger partial charge in [-0.25, -0.2) is 0 Å². The highest BCUT2D eigenvalue weighted by Crippen LogP contribution is 2.08. The van der Waals surface area contributed by atoms with Crippen molar-refractivity contribution < 1.29 is 4.74 Å². The number of halogens is 1. The van der Waals surface area contributed by atoms with Crippen LogP contribution in [0.2, 0.25) is 0 Å². The summed E-state index contributed by atoms with van der Waals surface area (Å²) in [6.45, 7) is 0. The fourth-order valence-electron chi connectivity index (χ4n) is 0.567. The third kappa shape index (κ3) is 2.02. The van der Waals surface area contributed by atoms with Crippen molar-refractivity contribution in [1.82, 2.24) is 4.98 Å². The molecule has 1 rings (SSSR count). The molecule has 0 saturated heterocycles. The molecule has 0 aliphatic carbocycles. The lowest BCUT2D eigenvalue weighted by atomic mass is 10.5. The summed E-state index contributed by atoms with van der Waals surface area (Å²) in [6, 6.07) is 5.30. The van der Waals surface area contributed by atoms with E-state index in [4.69, 9.17) is 10.5 Å². The van der Waals surface area contributed by atoms with Crippen LogP contribution in [0.4, 0.5) is 5.82 Å². The topological polar surface area (TPSA) is 48.1 Å². The molecule has 0 atom stereocenters. The second-order valence-electron chi connectivity index (χ2n) is 1.65. The number of alkyl halides is 1. The second-order valence-corrected chi connectivity index (χ2v) is 2.28. The van der Waals surface area contributed by atoms with E-state index in [0.29, 0.717) is 16.3 Å². The van der Waals surface area contributed by atoms with Crippen LogP contribution in [0.5, 0.6) is 5.88 Å². The van der Waals surface area contributed by atoms with Gasteiger partial charge in [0.15, 0.2) is 0 Å². The zero-order valence-corrected chi connectivity index (χ0v) is 7.41. The highest BCUT2D eigenvalue weighted by atomic mass is 127. The van der Waals surface area contributed by atoms with E-state index in [0.717, 1.165) is 0 Å². The number of nitrogens with zero attached hydrogens (tertiary/aromatic N) is 1. The molecule has 0 aliphatic heterocycles. The summed E-state index contributed by atoms with van der Waals surface area (Å²) in [5.41, 5.74) is 5.40. The van der Waals surface area contributed by atoms with Crippen molar-refractivity contribution in [3.05, 3.63) is 18.2 Å². The SMILES string of the molecule is Nc1cccc(OCI)n1. The molecule has 0 unspecified atom stereocenters. The molecular formula is C6H7IN2O. The van der Waals surface area contributed by atoms with Gasteiger partial charge in [0, 0.05) is 6.07 Å². The maximum absolute atomic E-state index is 5.40. The molecule has 0 radical (unpaired) electrons. The Morgan fingerprint density at radius 1 is 1.60 bits per heavy atom. The number of pyridine rings is 1. The minimum atomic E-state index is 0.488. The smallest absolute Gasteiger partial charge is 0.215 e. The lowest BCUT2D eigenvalue weighted by Crippen LogP contribution is -1.94. The van der Waals surface area contributed by atoms with Crippen molar-refractivity contribution >= 4 is 28.4 Å². The average molecular weight is 250 g/mol. The highest BCUT2D eigenvalue weighted by Gasteiger charge is 1.91. The molecule has 0 aliphatic rings. The Balaban J connectivity index is 2.75. The third-order valence-electron chi connectivity index (χ3n) is 0.948. The molecule has 4 heteroatoms. The molecule has 0 aromatic carbocycles. The monoisotopic (exact) mass is 250 g/mol. The number of hydrogen-bond acceptors (Lipinski definition) is 3. The van der Waals surface area contributed by atoms with Crippen LogP contribution in [-0.4, -0.2) is 9.60 Å². The van der Waals surface area contributed by atoms with Gasteiger partial charge in [-0.15, -0.1) is 0 Å². The van der Waals surface area contributed by atoms with Crippen LogP contribution < -0.4 is 10.5 Å². The van der Waals surface area contributed by atoms with Gasteiger partial charge in [0.1, 0.15) is 10.4 Å². The largest absolute Gasteiger partial charge is 0.467 e. The summed E-state index contributed by atoms with van der Waals surface area (Å²) >= 11 is 2.10. The molecule has 1 heterocycles. The first-order valence-electron chi connectivity index (χ1n) is 2.74. The Morgan fingerprint density at radius 2 is 2.40 bits per heavy atom. The van der Waals surface area contributed by atoms with Crippen molar-refractivity contribution in [3.63, 3.8) is 0 Å². The Bertz CT molecular complexity index is 217. The van der Waals surface area contributed by atoms with E-state index in [1.165, 1.54) is 0 Å². The first kappa shape index (κ1) is 7.59. The number of anilines is 1. The van der Waals surface area contributed by atoms with E-state index in [-0.39, 0.29) is 0 Å². The van der Waals surface area contributed by atoms with Crippen molar-refractivity contribution in [2.75, 3.05) is 10.3 Å². The normalized spacial score (nSPS) is 9.30. The molecule has 10 heavy (non-hydrogen) atoms. The Kier molecular flexibility index (Phi) is 2.73. The standard InChI is InChI=1S/C6H7IN2O/c7-4-10-6-3-1-2-5(8)9-6/h1-3H,4H2,(H2,8,9). The lowest BCUT2D eigenvalue weighted by Gasteiger charge is -1.99. The summed E-state index contributed by atoms with van der Waals surface area (Å²) < 4.78 is 5.67. The zero-order valence-electron chi connectivity index (χ0n) is 5.25. The number of nitrogen functional groups attached to an aromatic ring is 1. The highest BCUT2D eigenvalue weighted by molar-refractivity contribution is 14.1. The van der Waals surface area contributed by atoms with Gasteiger partial charge < -0.3 is 10.5 Å². The Labute approximate surface area is 72.7 Å². The van der Waals surface area contributed by atoms with Crippen LogP contribution in [-0.2, 0) is 0 Å².